The van der Waals surface area contributed by atoms with E-state index in [4.69, 9.17) is 0 Å². The molecule has 2 saturated carbocycles. The van der Waals surface area contributed by atoms with Crippen LogP contribution >= 0.6 is 0 Å². The second-order valence-corrected chi connectivity index (χ2v) is 9.30. The Balaban J connectivity index is 1.48. The lowest BCUT2D eigenvalue weighted by molar-refractivity contribution is -0.132. The summed E-state index contributed by atoms with van der Waals surface area (Å²) in [7, 11) is -3.20. The predicted octanol–water partition coefficient (Wildman–Crippen LogP) is 1.74. The number of hydrogen-bond donors (Lipinski definition) is 1. The van der Waals surface area contributed by atoms with Gasteiger partial charge in [0.15, 0.2) is 0 Å². The van der Waals surface area contributed by atoms with Crippen molar-refractivity contribution in [2.24, 2.45) is 17.8 Å². The van der Waals surface area contributed by atoms with Gasteiger partial charge in [-0.15, -0.1) is 0 Å². The van der Waals surface area contributed by atoms with Crippen LogP contribution in [-0.2, 0) is 14.8 Å². The van der Waals surface area contributed by atoms with Gasteiger partial charge in [0.1, 0.15) is 0 Å². The molecule has 0 aromatic rings. The summed E-state index contributed by atoms with van der Waals surface area (Å²) in [6.07, 6.45) is 10.4. The van der Waals surface area contributed by atoms with E-state index in [9.17, 15) is 13.2 Å². The minimum absolute atomic E-state index is 0.113. The van der Waals surface area contributed by atoms with Gasteiger partial charge >= 0.3 is 0 Å². The number of rotatable bonds is 6. The lowest BCUT2D eigenvalue weighted by atomic mass is 9.83. The average Bonchev–Trinajstić information content (AvgIpc) is 3.12. The molecule has 1 aliphatic heterocycles. The maximum absolute atomic E-state index is 12.4. The lowest BCUT2D eigenvalue weighted by Gasteiger charge is -2.30. The summed E-state index contributed by atoms with van der Waals surface area (Å²) in [6.45, 7) is 1.07. The average molecular weight is 328 g/mol. The standard InChI is InChI=1S/C16H28N2O3S/c1-22(20,21)17-7-6-16(19)18-8-2-3-15(18)11-14-10-12-4-5-13(14)9-12/h12-15,17H,2-11H2,1H3/t12-,13-,14+,15+/m0/s1. The molecule has 3 fully saturated rings. The number of fused-ring (bicyclic) bond motifs is 2. The van der Waals surface area contributed by atoms with Crippen LogP contribution in [0.3, 0.4) is 0 Å². The Hall–Kier alpha value is -0.620. The number of amides is 1. The fourth-order valence-corrected chi connectivity index (χ4v) is 5.38. The quantitative estimate of drug-likeness (QED) is 0.808. The summed E-state index contributed by atoms with van der Waals surface area (Å²) >= 11 is 0. The highest BCUT2D eigenvalue weighted by Crippen LogP contribution is 2.50. The van der Waals surface area contributed by atoms with Crippen LogP contribution in [-0.4, -0.2) is 44.6 Å². The zero-order valence-corrected chi connectivity index (χ0v) is 14.3. The lowest BCUT2D eigenvalue weighted by Crippen LogP contribution is -2.39. The van der Waals surface area contributed by atoms with Crippen LogP contribution in [0, 0.1) is 17.8 Å². The van der Waals surface area contributed by atoms with Crippen LogP contribution in [0.4, 0.5) is 0 Å². The Morgan fingerprint density at radius 3 is 2.68 bits per heavy atom. The van der Waals surface area contributed by atoms with Crippen molar-refractivity contribution in [3.63, 3.8) is 0 Å². The normalized spacial score (nSPS) is 34.5. The second-order valence-electron chi connectivity index (χ2n) is 7.47. The van der Waals surface area contributed by atoms with Gasteiger partial charge in [-0.1, -0.05) is 6.42 Å². The molecule has 0 spiro atoms. The molecule has 6 heteroatoms. The molecule has 5 nitrogen and oxygen atoms in total. The van der Waals surface area contributed by atoms with Crippen LogP contribution in [0.5, 0.6) is 0 Å². The highest BCUT2D eigenvalue weighted by Gasteiger charge is 2.41. The minimum atomic E-state index is -3.20. The summed E-state index contributed by atoms with van der Waals surface area (Å²) in [5.74, 6) is 2.81. The molecule has 1 N–H and O–H groups in total. The molecule has 22 heavy (non-hydrogen) atoms. The summed E-state index contributed by atoms with van der Waals surface area (Å²) in [4.78, 5) is 14.4. The molecule has 0 unspecified atom stereocenters. The molecule has 4 atom stereocenters. The maximum atomic E-state index is 12.4. The van der Waals surface area contributed by atoms with E-state index in [0.29, 0.717) is 6.04 Å². The largest absolute Gasteiger partial charge is 0.340 e. The topological polar surface area (TPSA) is 66.5 Å². The van der Waals surface area contributed by atoms with Gasteiger partial charge in [-0.2, -0.15) is 0 Å². The molecule has 1 saturated heterocycles. The van der Waals surface area contributed by atoms with Gasteiger partial charge in [0, 0.05) is 25.6 Å². The smallest absolute Gasteiger partial charge is 0.224 e. The molecule has 0 aromatic heterocycles. The van der Waals surface area contributed by atoms with Crippen LogP contribution in [0.25, 0.3) is 0 Å². The van der Waals surface area contributed by atoms with Crippen LogP contribution in [0.15, 0.2) is 0 Å². The van der Waals surface area contributed by atoms with Crippen molar-refractivity contribution in [3.05, 3.63) is 0 Å². The molecule has 0 aromatic carbocycles. The third-order valence-electron chi connectivity index (χ3n) is 5.86. The zero-order chi connectivity index (χ0) is 15.7. The first-order valence-corrected chi connectivity index (χ1v) is 10.6. The van der Waals surface area contributed by atoms with E-state index in [1.54, 1.807) is 0 Å². The zero-order valence-electron chi connectivity index (χ0n) is 13.5. The van der Waals surface area contributed by atoms with E-state index in [0.717, 1.165) is 43.4 Å². The molecule has 1 amide bonds. The van der Waals surface area contributed by atoms with Crippen molar-refractivity contribution in [2.45, 2.75) is 57.4 Å². The van der Waals surface area contributed by atoms with E-state index >= 15 is 0 Å². The van der Waals surface area contributed by atoms with Crippen molar-refractivity contribution in [1.29, 1.82) is 0 Å². The minimum Gasteiger partial charge on any atom is -0.340 e. The van der Waals surface area contributed by atoms with Gasteiger partial charge in [-0.05, 0) is 56.3 Å². The van der Waals surface area contributed by atoms with Gasteiger partial charge in [0.05, 0.1) is 6.26 Å². The SMILES string of the molecule is CS(=O)(=O)NCCC(=O)N1CCC[C@@H]1C[C@H]1C[C@H]2CC[C@H]1C2. The molecule has 2 aliphatic carbocycles. The molecule has 3 rings (SSSR count). The van der Waals surface area contributed by atoms with E-state index in [1.165, 1.54) is 32.1 Å². The fraction of sp³-hybridized carbons (Fsp3) is 0.938. The van der Waals surface area contributed by atoms with Gasteiger partial charge in [-0.25, -0.2) is 13.1 Å². The van der Waals surface area contributed by atoms with Gasteiger partial charge in [0.2, 0.25) is 15.9 Å². The van der Waals surface area contributed by atoms with Crippen molar-refractivity contribution in [2.75, 3.05) is 19.3 Å². The Labute approximate surface area is 133 Å². The number of carbonyl (C=O) groups is 1. The van der Waals surface area contributed by atoms with Crippen LogP contribution < -0.4 is 4.72 Å². The van der Waals surface area contributed by atoms with Crippen molar-refractivity contribution in [3.8, 4) is 0 Å². The Bertz CT molecular complexity index is 519. The van der Waals surface area contributed by atoms with Crippen LogP contribution in [0.1, 0.15) is 51.4 Å². The number of hydrogen-bond acceptors (Lipinski definition) is 3. The molecule has 1 heterocycles. The predicted molar refractivity (Wildman–Crippen MR) is 85.8 cm³/mol. The third-order valence-corrected chi connectivity index (χ3v) is 6.59. The van der Waals surface area contributed by atoms with Crippen molar-refractivity contribution in [1.82, 2.24) is 9.62 Å². The number of sulfonamides is 1. The van der Waals surface area contributed by atoms with Crippen molar-refractivity contribution < 1.29 is 13.2 Å². The number of likely N-dealkylation sites (tertiary alicyclic amines) is 1. The highest BCUT2D eigenvalue weighted by molar-refractivity contribution is 7.88. The molecule has 3 aliphatic rings. The highest BCUT2D eigenvalue weighted by atomic mass is 32.2. The van der Waals surface area contributed by atoms with E-state index in [2.05, 4.69) is 4.72 Å². The third kappa shape index (κ3) is 3.82. The first kappa shape index (κ1) is 16.2. The molecular weight excluding hydrogens is 300 g/mol. The Morgan fingerprint density at radius 2 is 2.05 bits per heavy atom. The Morgan fingerprint density at radius 1 is 1.23 bits per heavy atom. The van der Waals surface area contributed by atoms with E-state index in [1.807, 2.05) is 4.90 Å². The monoisotopic (exact) mass is 328 g/mol. The summed E-state index contributed by atoms with van der Waals surface area (Å²) in [6, 6.07) is 0.398. The van der Waals surface area contributed by atoms with Gasteiger partial charge < -0.3 is 4.90 Å². The summed E-state index contributed by atoms with van der Waals surface area (Å²) in [5.41, 5.74) is 0. The molecular formula is C16H28N2O3S. The summed E-state index contributed by atoms with van der Waals surface area (Å²) < 4.78 is 24.5. The Kier molecular flexibility index (Phi) is 4.78. The fourth-order valence-electron chi connectivity index (χ4n) is 4.91. The van der Waals surface area contributed by atoms with Crippen molar-refractivity contribution >= 4 is 15.9 Å². The number of carbonyl (C=O) groups excluding carboxylic acids is 1. The van der Waals surface area contributed by atoms with Crippen LogP contribution in [0.2, 0.25) is 0 Å². The van der Waals surface area contributed by atoms with Gasteiger partial charge in [-0.3, -0.25) is 4.79 Å². The second kappa shape index (κ2) is 6.48. The molecule has 2 bridgehead atoms. The number of nitrogens with one attached hydrogen (secondary N) is 1. The maximum Gasteiger partial charge on any atom is 0.224 e. The first-order valence-electron chi connectivity index (χ1n) is 8.66. The number of nitrogens with zero attached hydrogens (tertiary/aromatic N) is 1. The van der Waals surface area contributed by atoms with E-state index < -0.39 is 10.0 Å². The first-order chi connectivity index (χ1) is 10.4. The van der Waals surface area contributed by atoms with Gasteiger partial charge in [0.25, 0.3) is 0 Å². The van der Waals surface area contributed by atoms with E-state index in [-0.39, 0.29) is 18.9 Å². The molecule has 0 radical (unpaired) electrons. The molecule has 126 valence electrons. The summed E-state index contributed by atoms with van der Waals surface area (Å²) in [5, 5.41) is 0.